The molecule has 0 aliphatic carbocycles. The molecule has 0 amide bonds. The van der Waals surface area contributed by atoms with Gasteiger partial charge in [-0.15, -0.1) is 0 Å². The molecular weight excluding hydrogens is 316 g/mol. The highest BCUT2D eigenvalue weighted by atomic mass is 16.5. The number of benzene rings is 2. The summed E-state index contributed by atoms with van der Waals surface area (Å²) in [7, 11) is 0. The molecule has 0 N–H and O–H groups in total. The van der Waals surface area contributed by atoms with Crippen LogP contribution >= 0.6 is 0 Å². The van der Waals surface area contributed by atoms with Gasteiger partial charge in [0.1, 0.15) is 17.3 Å². The van der Waals surface area contributed by atoms with Crippen molar-refractivity contribution in [1.29, 1.82) is 0 Å². The average molecular weight is 332 g/mol. The molecule has 2 aromatic carbocycles. The van der Waals surface area contributed by atoms with Crippen LogP contribution in [0.15, 0.2) is 77.2 Å². The summed E-state index contributed by atoms with van der Waals surface area (Å²) >= 11 is 0. The monoisotopic (exact) mass is 332 g/mol. The van der Waals surface area contributed by atoms with Crippen molar-refractivity contribution in [1.82, 2.24) is 0 Å². The zero-order chi connectivity index (χ0) is 17.6. The number of carbonyl (C=O) groups excluding carboxylic acids is 2. The van der Waals surface area contributed by atoms with Crippen molar-refractivity contribution < 1.29 is 18.7 Å². The molecule has 0 unspecified atom stereocenters. The van der Waals surface area contributed by atoms with Crippen molar-refractivity contribution in [3.05, 3.63) is 95.5 Å². The third kappa shape index (κ3) is 4.32. The molecular formula is C21H16O4. The Morgan fingerprint density at radius 1 is 0.880 bits per heavy atom. The minimum Gasteiger partial charge on any atom is -0.462 e. The molecule has 1 heterocycles. The van der Waals surface area contributed by atoms with Gasteiger partial charge in [-0.25, -0.2) is 4.79 Å². The van der Waals surface area contributed by atoms with Crippen LogP contribution in [0.4, 0.5) is 0 Å². The summed E-state index contributed by atoms with van der Waals surface area (Å²) in [6.45, 7) is 1.83. The number of esters is 1. The van der Waals surface area contributed by atoms with Crippen LogP contribution < -0.4 is 4.74 Å². The lowest BCUT2D eigenvalue weighted by Gasteiger charge is -2.04. The first kappa shape index (κ1) is 16.5. The lowest BCUT2D eigenvalue weighted by molar-refractivity contribution is -0.128. The van der Waals surface area contributed by atoms with Gasteiger partial charge in [0.05, 0.1) is 0 Å². The molecule has 0 aliphatic heterocycles. The van der Waals surface area contributed by atoms with Crippen molar-refractivity contribution in [3.63, 3.8) is 0 Å². The standard InChI is InChI=1S/C21H16O4/c1-15-7-10-18(24-15)13-14-20(22)25-19-11-8-17(9-12-19)21(23)16-5-3-2-4-6-16/h2-14H,1H3/b14-13+. The maximum atomic E-state index is 12.3. The molecule has 0 atom stereocenters. The van der Waals surface area contributed by atoms with Gasteiger partial charge in [-0.05, 0) is 49.4 Å². The van der Waals surface area contributed by atoms with Gasteiger partial charge in [-0.3, -0.25) is 4.79 Å². The third-order valence-electron chi connectivity index (χ3n) is 3.52. The first-order valence-electron chi connectivity index (χ1n) is 7.78. The van der Waals surface area contributed by atoms with E-state index in [0.717, 1.165) is 5.76 Å². The van der Waals surface area contributed by atoms with Gasteiger partial charge in [-0.1, -0.05) is 30.3 Å². The van der Waals surface area contributed by atoms with E-state index in [2.05, 4.69) is 0 Å². The summed E-state index contributed by atoms with van der Waals surface area (Å²) in [6, 6.07) is 19.1. The first-order chi connectivity index (χ1) is 12.1. The van der Waals surface area contributed by atoms with Crippen LogP contribution in [0, 0.1) is 6.92 Å². The van der Waals surface area contributed by atoms with E-state index in [1.807, 2.05) is 31.2 Å². The SMILES string of the molecule is Cc1ccc(/C=C/C(=O)Oc2ccc(C(=O)c3ccccc3)cc2)o1. The van der Waals surface area contributed by atoms with Crippen LogP contribution in [0.5, 0.6) is 5.75 Å². The molecule has 0 saturated heterocycles. The molecule has 1 aromatic heterocycles. The van der Waals surface area contributed by atoms with E-state index in [1.165, 1.54) is 6.08 Å². The highest BCUT2D eigenvalue weighted by molar-refractivity contribution is 6.09. The maximum Gasteiger partial charge on any atom is 0.336 e. The number of rotatable bonds is 5. The summed E-state index contributed by atoms with van der Waals surface area (Å²) in [4.78, 5) is 24.1. The third-order valence-corrected chi connectivity index (χ3v) is 3.52. The molecule has 0 spiro atoms. The van der Waals surface area contributed by atoms with Crippen molar-refractivity contribution in [2.75, 3.05) is 0 Å². The van der Waals surface area contributed by atoms with Crippen LogP contribution in [0.2, 0.25) is 0 Å². The lowest BCUT2D eigenvalue weighted by atomic mass is 10.0. The minimum atomic E-state index is -0.517. The van der Waals surface area contributed by atoms with Crippen LogP contribution in [0.3, 0.4) is 0 Å². The highest BCUT2D eigenvalue weighted by Gasteiger charge is 2.09. The number of ether oxygens (including phenoxy) is 1. The molecule has 0 aliphatic rings. The second-order valence-electron chi connectivity index (χ2n) is 5.42. The van der Waals surface area contributed by atoms with Gasteiger partial charge in [0, 0.05) is 17.2 Å². The van der Waals surface area contributed by atoms with Crippen LogP contribution in [-0.4, -0.2) is 11.8 Å². The molecule has 25 heavy (non-hydrogen) atoms. The van der Waals surface area contributed by atoms with Gasteiger partial charge >= 0.3 is 5.97 Å². The number of carbonyl (C=O) groups is 2. The molecule has 0 saturated carbocycles. The zero-order valence-electron chi connectivity index (χ0n) is 13.6. The summed E-state index contributed by atoms with van der Waals surface area (Å²) in [5.74, 6) is 1.13. The molecule has 0 radical (unpaired) electrons. The second kappa shape index (κ2) is 7.45. The lowest BCUT2D eigenvalue weighted by Crippen LogP contribution is -2.05. The maximum absolute atomic E-state index is 12.3. The Bertz CT molecular complexity index is 903. The van der Waals surface area contributed by atoms with Crippen molar-refractivity contribution in [2.45, 2.75) is 6.92 Å². The molecule has 3 rings (SSSR count). The van der Waals surface area contributed by atoms with Crippen LogP contribution in [-0.2, 0) is 4.79 Å². The Kier molecular flexibility index (Phi) is 4.90. The number of hydrogen-bond donors (Lipinski definition) is 0. The number of hydrogen-bond acceptors (Lipinski definition) is 4. The quantitative estimate of drug-likeness (QED) is 0.300. The Balaban J connectivity index is 1.63. The van der Waals surface area contributed by atoms with Crippen LogP contribution in [0.1, 0.15) is 27.4 Å². The van der Waals surface area contributed by atoms with Gasteiger partial charge in [0.2, 0.25) is 0 Å². The Labute approximate surface area is 145 Å². The van der Waals surface area contributed by atoms with Crippen LogP contribution in [0.25, 0.3) is 6.08 Å². The smallest absolute Gasteiger partial charge is 0.336 e. The highest BCUT2D eigenvalue weighted by Crippen LogP contribution is 2.16. The summed E-state index contributed by atoms with van der Waals surface area (Å²) in [5, 5.41) is 0. The fraction of sp³-hybridized carbons (Fsp3) is 0.0476. The van der Waals surface area contributed by atoms with E-state index in [4.69, 9.17) is 9.15 Å². The Morgan fingerprint density at radius 2 is 1.56 bits per heavy atom. The number of furan rings is 1. The molecule has 0 bridgehead atoms. The first-order valence-corrected chi connectivity index (χ1v) is 7.78. The fourth-order valence-electron chi connectivity index (χ4n) is 2.27. The van der Waals surface area contributed by atoms with Gasteiger partial charge in [-0.2, -0.15) is 0 Å². The Hall–Kier alpha value is -3.40. The van der Waals surface area contributed by atoms with E-state index in [9.17, 15) is 9.59 Å². The van der Waals surface area contributed by atoms with Gasteiger partial charge in [0.15, 0.2) is 5.78 Å². The molecule has 4 heteroatoms. The van der Waals surface area contributed by atoms with Gasteiger partial charge in [0.25, 0.3) is 0 Å². The number of aryl methyl sites for hydroxylation is 1. The second-order valence-corrected chi connectivity index (χ2v) is 5.42. The molecule has 124 valence electrons. The minimum absolute atomic E-state index is 0.0773. The molecule has 4 nitrogen and oxygen atoms in total. The fourth-order valence-corrected chi connectivity index (χ4v) is 2.27. The van der Waals surface area contributed by atoms with E-state index in [1.54, 1.807) is 48.5 Å². The zero-order valence-corrected chi connectivity index (χ0v) is 13.6. The molecule has 0 fully saturated rings. The van der Waals surface area contributed by atoms with Crippen molar-refractivity contribution >= 4 is 17.8 Å². The normalized spacial score (nSPS) is 10.8. The van der Waals surface area contributed by atoms with E-state index in [-0.39, 0.29) is 5.78 Å². The summed E-state index contributed by atoms with van der Waals surface area (Å²) in [5.41, 5.74) is 1.15. The number of ketones is 1. The average Bonchev–Trinajstić information content (AvgIpc) is 3.06. The predicted molar refractivity (Wildman–Crippen MR) is 94.4 cm³/mol. The Morgan fingerprint density at radius 3 is 2.20 bits per heavy atom. The topological polar surface area (TPSA) is 56.5 Å². The van der Waals surface area contributed by atoms with Gasteiger partial charge < -0.3 is 9.15 Å². The largest absolute Gasteiger partial charge is 0.462 e. The van der Waals surface area contributed by atoms with E-state index >= 15 is 0 Å². The van der Waals surface area contributed by atoms with Crippen molar-refractivity contribution in [2.24, 2.45) is 0 Å². The molecule has 3 aromatic rings. The van der Waals surface area contributed by atoms with Crippen molar-refractivity contribution in [3.8, 4) is 5.75 Å². The summed E-state index contributed by atoms with van der Waals surface area (Å²) in [6.07, 6.45) is 2.84. The van der Waals surface area contributed by atoms with E-state index in [0.29, 0.717) is 22.6 Å². The predicted octanol–water partition coefficient (Wildman–Crippen LogP) is 4.44. The van der Waals surface area contributed by atoms with E-state index < -0.39 is 5.97 Å². The summed E-state index contributed by atoms with van der Waals surface area (Å²) < 4.78 is 10.5.